The summed E-state index contributed by atoms with van der Waals surface area (Å²) in [6.07, 6.45) is -0.513. The number of β-amino-alcohol motifs (C(OH)–C–C–N with tert-alkyl or cyclic N) is 1. The van der Waals surface area contributed by atoms with Crippen LogP contribution in [0.15, 0.2) is 12.1 Å². The second-order valence-electron chi connectivity index (χ2n) is 3.89. The zero-order valence-electron chi connectivity index (χ0n) is 8.70. The van der Waals surface area contributed by atoms with Crippen molar-refractivity contribution < 1.29 is 9.90 Å². The summed E-state index contributed by atoms with van der Waals surface area (Å²) in [7, 11) is 0. The minimum atomic E-state index is -0.639. The van der Waals surface area contributed by atoms with E-state index in [1.165, 1.54) is 4.90 Å². The van der Waals surface area contributed by atoms with Gasteiger partial charge in [0.25, 0.3) is 0 Å². The lowest BCUT2D eigenvalue weighted by molar-refractivity contribution is -0.117. The molecule has 1 atom stereocenters. The summed E-state index contributed by atoms with van der Waals surface area (Å²) < 4.78 is 0. The number of rotatable bonds is 1. The van der Waals surface area contributed by atoms with Crippen LogP contribution in [0.2, 0.25) is 10.0 Å². The fourth-order valence-corrected chi connectivity index (χ4v) is 2.37. The van der Waals surface area contributed by atoms with Gasteiger partial charge >= 0.3 is 0 Å². The molecule has 0 bridgehead atoms. The Bertz CT molecular complexity index is 448. The van der Waals surface area contributed by atoms with Crippen LogP contribution >= 0.6 is 23.2 Å². The Morgan fingerprint density at radius 1 is 1.44 bits per heavy atom. The number of carbonyl (C=O) groups excluding carboxylic acids is 1. The lowest BCUT2D eigenvalue weighted by atomic mass is 10.2. The van der Waals surface area contributed by atoms with Crippen LogP contribution in [0.5, 0.6) is 0 Å². The van der Waals surface area contributed by atoms with Crippen molar-refractivity contribution >= 4 is 34.8 Å². The van der Waals surface area contributed by atoms with E-state index in [1.807, 2.05) is 6.92 Å². The predicted octanol–water partition coefficient (Wildman–Crippen LogP) is 2.40. The molecule has 1 amide bonds. The first-order valence-corrected chi connectivity index (χ1v) is 5.69. The molecule has 1 N–H and O–H groups in total. The SMILES string of the molecule is Cc1ccc(Cl)c(N2CC(O)CC2=O)c1Cl. The van der Waals surface area contributed by atoms with Crippen LogP contribution in [0.4, 0.5) is 5.69 Å². The third kappa shape index (κ3) is 1.90. The van der Waals surface area contributed by atoms with Gasteiger partial charge in [-0.1, -0.05) is 29.3 Å². The standard InChI is InChI=1S/C11H11Cl2NO2/c1-6-2-3-8(12)11(10(6)13)14-5-7(15)4-9(14)16/h2-3,7,15H,4-5H2,1H3. The van der Waals surface area contributed by atoms with E-state index < -0.39 is 6.10 Å². The first-order valence-electron chi connectivity index (χ1n) is 4.93. The van der Waals surface area contributed by atoms with E-state index in [1.54, 1.807) is 12.1 Å². The second-order valence-corrected chi connectivity index (χ2v) is 4.67. The molecule has 1 aromatic rings. The Morgan fingerprint density at radius 3 is 2.69 bits per heavy atom. The molecule has 1 aliphatic heterocycles. The Balaban J connectivity index is 2.48. The number of halogens is 2. The molecule has 0 aromatic heterocycles. The maximum Gasteiger partial charge on any atom is 0.229 e. The van der Waals surface area contributed by atoms with Gasteiger partial charge in [0, 0.05) is 0 Å². The number of benzene rings is 1. The van der Waals surface area contributed by atoms with Gasteiger partial charge < -0.3 is 10.0 Å². The molecule has 0 aliphatic carbocycles. The lowest BCUT2D eigenvalue weighted by Crippen LogP contribution is -2.26. The number of hydrogen-bond donors (Lipinski definition) is 1. The topological polar surface area (TPSA) is 40.5 Å². The molecule has 1 saturated heterocycles. The van der Waals surface area contributed by atoms with Crippen molar-refractivity contribution in [3.63, 3.8) is 0 Å². The van der Waals surface area contributed by atoms with E-state index >= 15 is 0 Å². The van der Waals surface area contributed by atoms with E-state index in [0.717, 1.165) is 5.56 Å². The maximum atomic E-state index is 11.6. The van der Waals surface area contributed by atoms with Crippen molar-refractivity contribution in [2.75, 3.05) is 11.4 Å². The van der Waals surface area contributed by atoms with E-state index in [2.05, 4.69) is 0 Å². The van der Waals surface area contributed by atoms with Crippen molar-refractivity contribution in [1.82, 2.24) is 0 Å². The van der Waals surface area contributed by atoms with Gasteiger partial charge in [-0.15, -0.1) is 0 Å². The first-order chi connectivity index (χ1) is 7.50. The van der Waals surface area contributed by atoms with Crippen molar-refractivity contribution in [3.05, 3.63) is 27.7 Å². The number of aliphatic hydroxyl groups is 1. The molecule has 1 aromatic carbocycles. The summed E-state index contributed by atoms with van der Waals surface area (Å²) >= 11 is 12.2. The molecular formula is C11H11Cl2NO2. The minimum Gasteiger partial charge on any atom is -0.391 e. The quantitative estimate of drug-likeness (QED) is 0.842. The third-order valence-electron chi connectivity index (χ3n) is 2.63. The second kappa shape index (κ2) is 4.24. The minimum absolute atomic E-state index is 0.126. The molecule has 1 unspecified atom stereocenters. The molecular weight excluding hydrogens is 249 g/mol. The highest BCUT2D eigenvalue weighted by Crippen LogP contribution is 2.37. The van der Waals surface area contributed by atoms with Gasteiger partial charge in [0.15, 0.2) is 0 Å². The average Bonchev–Trinajstić information content (AvgIpc) is 2.53. The summed E-state index contributed by atoms with van der Waals surface area (Å²) in [4.78, 5) is 13.1. The zero-order chi connectivity index (χ0) is 11.9. The van der Waals surface area contributed by atoms with Crippen LogP contribution in [0.25, 0.3) is 0 Å². The molecule has 5 heteroatoms. The molecule has 0 spiro atoms. The molecule has 1 fully saturated rings. The van der Waals surface area contributed by atoms with E-state index in [-0.39, 0.29) is 18.9 Å². The summed E-state index contributed by atoms with van der Waals surface area (Å²) in [5.41, 5.74) is 1.36. The van der Waals surface area contributed by atoms with E-state index in [4.69, 9.17) is 23.2 Å². The van der Waals surface area contributed by atoms with Crippen LogP contribution < -0.4 is 4.90 Å². The van der Waals surface area contributed by atoms with Gasteiger partial charge in [-0.25, -0.2) is 0 Å². The Morgan fingerprint density at radius 2 is 2.12 bits per heavy atom. The van der Waals surface area contributed by atoms with Gasteiger partial charge in [-0.3, -0.25) is 4.79 Å². The van der Waals surface area contributed by atoms with Crippen LogP contribution in [0.1, 0.15) is 12.0 Å². The Labute approximate surface area is 104 Å². The Hall–Kier alpha value is -0.770. The highest BCUT2D eigenvalue weighted by Gasteiger charge is 2.31. The molecule has 16 heavy (non-hydrogen) atoms. The van der Waals surface area contributed by atoms with Crippen molar-refractivity contribution in [1.29, 1.82) is 0 Å². The van der Waals surface area contributed by atoms with Gasteiger partial charge in [-0.05, 0) is 18.6 Å². The molecule has 1 heterocycles. The summed E-state index contributed by atoms with van der Waals surface area (Å²) in [6, 6.07) is 3.50. The molecule has 3 nitrogen and oxygen atoms in total. The number of amides is 1. The predicted molar refractivity (Wildman–Crippen MR) is 64.2 cm³/mol. The highest BCUT2D eigenvalue weighted by atomic mass is 35.5. The van der Waals surface area contributed by atoms with Gasteiger partial charge in [0.1, 0.15) is 0 Å². The lowest BCUT2D eigenvalue weighted by Gasteiger charge is -2.20. The van der Waals surface area contributed by atoms with E-state index in [9.17, 15) is 9.90 Å². The molecule has 86 valence electrons. The molecule has 0 saturated carbocycles. The summed E-state index contributed by atoms with van der Waals surface area (Å²) in [5.74, 6) is -0.151. The fraction of sp³-hybridized carbons (Fsp3) is 0.364. The van der Waals surface area contributed by atoms with Gasteiger partial charge in [0.05, 0.1) is 34.8 Å². The monoisotopic (exact) mass is 259 g/mol. The van der Waals surface area contributed by atoms with Crippen LogP contribution in [-0.2, 0) is 4.79 Å². The van der Waals surface area contributed by atoms with Gasteiger partial charge in [0.2, 0.25) is 5.91 Å². The average molecular weight is 260 g/mol. The summed E-state index contributed by atoms with van der Waals surface area (Å²) in [5, 5.41) is 10.3. The van der Waals surface area contributed by atoms with Crippen LogP contribution in [0, 0.1) is 6.92 Å². The largest absolute Gasteiger partial charge is 0.391 e. The number of nitrogens with zero attached hydrogens (tertiary/aromatic N) is 1. The van der Waals surface area contributed by atoms with Crippen molar-refractivity contribution in [2.45, 2.75) is 19.4 Å². The Kier molecular flexibility index (Phi) is 3.10. The van der Waals surface area contributed by atoms with Crippen LogP contribution in [-0.4, -0.2) is 23.7 Å². The van der Waals surface area contributed by atoms with E-state index in [0.29, 0.717) is 15.7 Å². The van der Waals surface area contributed by atoms with Crippen molar-refractivity contribution in [2.24, 2.45) is 0 Å². The normalized spacial score (nSPS) is 20.6. The summed E-state index contributed by atoms with van der Waals surface area (Å²) in [6.45, 7) is 2.10. The van der Waals surface area contributed by atoms with Gasteiger partial charge in [-0.2, -0.15) is 0 Å². The molecule has 0 radical (unpaired) electrons. The highest BCUT2D eigenvalue weighted by molar-refractivity contribution is 6.40. The van der Waals surface area contributed by atoms with Crippen LogP contribution in [0.3, 0.4) is 0 Å². The third-order valence-corrected chi connectivity index (χ3v) is 3.42. The van der Waals surface area contributed by atoms with Crippen molar-refractivity contribution in [3.8, 4) is 0 Å². The molecule has 1 aliphatic rings. The smallest absolute Gasteiger partial charge is 0.229 e. The number of carbonyl (C=O) groups is 1. The number of aliphatic hydroxyl groups excluding tert-OH is 1. The maximum absolute atomic E-state index is 11.6. The number of aryl methyl sites for hydroxylation is 1. The number of anilines is 1. The fourth-order valence-electron chi connectivity index (χ4n) is 1.79. The zero-order valence-corrected chi connectivity index (χ0v) is 10.2. The first kappa shape index (κ1) is 11.7. The number of hydrogen-bond acceptors (Lipinski definition) is 2. The molecule has 2 rings (SSSR count).